The van der Waals surface area contributed by atoms with Gasteiger partial charge in [0.1, 0.15) is 6.04 Å². The lowest BCUT2D eigenvalue weighted by atomic mass is 10.0. The smallest absolute Gasteiger partial charge is 0.320 e. The van der Waals surface area contributed by atoms with E-state index in [1.165, 1.54) is 0 Å². The Morgan fingerprint density at radius 3 is 2.58 bits per heavy atom. The molecule has 0 aromatic carbocycles. The predicted octanol–water partition coefficient (Wildman–Crippen LogP) is 1.33. The maximum atomic E-state index is 10.8. The van der Waals surface area contributed by atoms with Crippen LogP contribution in [-0.2, 0) is 4.79 Å². The second-order valence-electron chi connectivity index (χ2n) is 3.68. The van der Waals surface area contributed by atoms with E-state index in [1.807, 2.05) is 0 Å². The summed E-state index contributed by atoms with van der Waals surface area (Å²) in [6.07, 6.45) is 3.01. The van der Waals surface area contributed by atoms with Gasteiger partial charge in [-0.1, -0.05) is 6.42 Å². The van der Waals surface area contributed by atoms with Gasteiger partial charge in [0.2, 0.25) is 0 Å². The lowest BCUT2D eigenvalue weighted by Gasteiger charge is -2.35. The first-order chi connectivity index (χ1) is 5.63. The molecule has 0 radical (unpaired) electrons. The summed E-state index contributed by atoms with van der Waals surface area (Å²) < 4.78 is 0. The third kappa shape index (κ3) is 1.97. The lowest BCUT2D eigenvalue weighted by Crippen LogP contribution is -2.48. The topological polar surface area (TPSA) is 40.5 Å². The SMILES string of the molecule is CC(C)N1CCCC[C@@H]1C(=O)O. The maximum Gasteiger partial charge on any atom is 0.320 e. The summed E-state index contributed by atoms with van der Waals surface area (Å²) in [5.74, 6) is -0.664. The Balaban J connectivity index is 2.60. The monoisotopic (exact) mass is 171 g/mol. The van der Waals surface area contributed by atoms with E-state index in [-0.39, 0.29) is 6.04 Å². The molecule has 3 nitrogen and oxygen atoms in total. The van der Waals surface area contributed by atoms with E-state index >= 15 is 0 Å². The van der Waals surface area contributed by atoms with Crippen LogP contribution in [0.1, 0.15) is 33.1 Å². The zero-order chi connectivity index (χ0) is 9.14. The molecule has 0 aliphatic carbocycles. The zero-order valence-electron chi connectivity index (χ0n) is 7.79. The Kier molecular flexibility index (Phi) is 3.09. The van der Waals surface area contributed by atoms with Gasteiger partial charge in [0.25, 0.3) is 0 Å². The van der Waals surface area contributed by atoms with Crippen molar-refractivity contribution >= 4 is 5.97 Å². The molecule has 1 aliphatic heterocycles. The van der Waals surface area contributed by atoms with E-state index in [4.69, 9.17) is 5.11 Å². The number of piperidine rings is 1. The van der Waals surface area contributed by atoms with Gasteiger partial charge in [0.05, 0.1) is 0 Å². The van der Waals surface area contributed by atoms with Crippen LogP contribution < -0.4 is 0 Å². The summed E-state index contributed by atoms with van der Waals surface area (Å²) in [6.45, 7) is 5.05. The molecule has 0 saturated carbocycles. The number of likely N-dealkylation sites (tertiary alicyclic amines) is 1. The largest absolute Gasteiger partial charge is 0.480 e. The van der Waals surface area contributed by atoms with Crippen molar-refractivity contribution in [1.29, 1.82) is 0 Å². The minimum Gasteiger partial charge on any atom is -0.480 e. The number of aliphatic carboxylic acids is 1. The number of carbonyl (C=O) groups is 1. The highest BCUT2D eigenvalue weighted by molar-refractivity contribution is 5.73. The standard InChI is InChI=1S/C9H17NO2/c1-7(2)10-6-4-3-5-8(10)9(11)12/h7-8H,3-6H2,1-2H3,(H,11,12)/t8-/m1/s1. The number of hydrogen-bond donors (Lipinski definition) is 1. The van der Waals surface area contributed by atoms with Crippen LogP contribution in [-0.4, -0.2) is 34.6 Å². The van der Waals surface area contributed by atoms with Gasteiger partial charge in [-0.25, -0.2) is 0 Å². The van der Waals surface area contributed by atoms with E-state index in [1.54, 1.807) is 0 Å². The first-order valence-electron chi connectivity index (χ1n) is 4.61. The molecule has 1 fully saturated rings. The second-order valence-corrected chi connectivity index (χ2v) is 3.68. The van der Waals surface area contributed by atoms with Gasteiger partial charge in [-0.15, -0.1) is 0 Å². The summed E-state index contributed by atoms with van der Waals surface area (Å²) in [7, 11) is 0. The molecule has 0 aromatic heterocycles. The van der Waals surface area contributed by atoms with Crippen LogP contribution in [0.15, 0.2) is 0 Å². The van der Waals surface area contributed by atoms with E-state index in [0.717, 1.165) is 25.8 Å². The van der Waals surface area contributed by atoms with Crippen molar-refractivity contribution in [3.63, 3.8) is 0 Å². The normalized spacial score (nSPS) is 26.1. The predicted molar refractivity (Wildman–Crippen MR) is 47.1 cm³/mol. The molecule has 1 aliphatic rings. The van der Waals surface area contributed by atoms with Crippen LogP contribution in [0.4, 0.5) is 0 Å². The highest BCUT2D eigenvalue weighted by Crippen LogP contribution is 2.19. The highest BCUT2D eigenvalue weighted by atomic mass is 16.4. The quantitative estimate of drug-likeness (QED) is 0.681. The first kappa shape index (κ1) is 9.52. The fourth-order valence-corrected chi connectivity index (χ4v) is 1.84. The van der Waals surface area contributed by atoms with Gasteiger partial charge in [0.15, 0.2) is 0 Å². The summed E-state index contributed by atoms with van der Waals surface area (Å²) in [5.41, 5.74) is 0. The third-order valence-corrected chi connectivity index (χ3v) is 2.49. The minimum absolute atomic E-state index is 0.237. The molecule has 70 valence electrons. The van der Waals surface area contributed by atoms with E-state index in [0.29, 0.717) is 6.04 Å². The number of nitrogens with zero attached hydrogens (tertiary/aromatic N) is 1. The van der Waals surface area contributed by atoms with Crippen LogP contribution >= 0.6 is 0 Å². The Hall–Kier alpha value is -0.570. The van der Waals surface area contributed by atoms with Crippen molar-refractivity contribution in [2.75, 3.05) is 6.54 Å². The Morgan fingerprint density at radius 1 is 1.50 bits per heavy atom. The van der Waals surface area contributed by atoms with Gasteiger partial charge in [-0.3, -0.25) is 9.69 Å². The molecule has 0 spiro atoms. The average molecular weight is 171 g/mol. The van der Waals surface area contributed by atoms with Crippen LogP contribution in [0.2, 0.25) is 0 Å². The summed E-state index contributed by atoms with van der Waals surface area (Å²) in [6, 6.07) is 0.116. The van der Waals surface area contributed by atoms with Crippen molar-refractivity contribution in [2.45, 2.75) is 45.2 Å². The van der Waals surface area contributed by atoms with E-state index < -0.39 is 5.97 Å². The fraction of sp³-hybridized carbons (Fsp3) is 0.889. The molecule has 3 heteroatoms. The van der Waals surface area contributed by atoms with Gasteiger partial charge in [-0.2, -0.15) is 0 Å². The number of hydrogen-bond acceptors (Lipinski definition) is 2. The van der Waals surface area contributed by atoms with Gasteiger partial charge < -0.3 is 5.11 Å². The summed E-state index contributed by atoms with van der Waals surface area (Å²) >= 11 is 0. The van der Waals surface area contributed by atoms with Crippen LogP contribution in [0.5, 0.6) is 0 Å². The van der Waals surface area contributed by atoms with Crippen molar-refractivity contribution in [3.8, 4) is 0 Å². The van der Waals surface area contributed by atoms with Crippen molar-refractivity contribution in [2.24, 2.45) is 0 Å². The van der Waals surface area contributed by atoms with Crippen molar-refractivity contribution in [1.82, 2.24) is 4.90 Å². The zero-order valence-corrected chi connectivity index (χ0v) is 7.79. The third-order valence-electron chi connectivity index (χ3n) is 2.49. The molecular weight excluding hydrogens is 154 g/mol. The summed E-state index contributed by atoms with van der Waals surface area (Å²) in [5, 5.41) is 8.92. The van der Waals surface area contributed by atoms with Crippen LogP contribution in [0.25, 0.3) is 0 Å². The molecule has 0 amide bonds. The lowest BCUT2D eigenvalue weighted by molar-refractivity contribution is -0.145. The molecule has 1 heterocycles. The van der Waals surface area contributed by atoms with E-state index in [9.17, 15) is 4.79 Å². The number of carboxylic acids is 1. The van der Waals surface area contributed by atoms with Crippen LogP contribution in [0, 0.1) is 0 Å². The molecular formula is C9H17NO2. The highest BCUT2D eigenvalue weighted by Gasteiger charge is 2.29. The Labute approximate surface area is 73.4 Å². The maximum absolute atomic E-state index is 10.8. The van der Waals surface area contributed by atoms with Crippen LogP contribution in [0.3, 0.4) is 0 Å². The molecule has 0 unspecified atom stereocenters. The van der Waals surface area contributed by atoms with Gasteiger partial charge >= 0.3 is 5.97 Å². The van der Waals surface area contributed by atoms with Crippen molar-refractivity contribution in [3.05, 3.63) is 0 Å². The molecule has 1 saturated heterocycles. The Morgan fingerprint density at radius 2 is 2.17 bits per heavy atom. The first-order valence-corrected chi connectivity index (χ1v) is 4.61. The van der Waals surface area contributed by atoms with E-state index in [2.05, 4.69) is 18.7 Å². The van der Waals surface area contributed by atoms with Gasteiger partial charge in [-0.05, 0) is 33.2 Å². The second kappa shape index (κ2) is 3.90. The fourth-order valence-electron chi connectivity index (χ4n) is 1.84. The molecule has 0 aromatic rings. The average Bonchev–Trinajstić information content (AvgIpc) is 2.04. The van der Waals surface area contributed by atoms with Gasteiger partial charge in [0, 0.05) is 6.04 Å². The molecule has 1 atom stereocenters. The molecule has 1 N–H and O–H groups in total. The number of rotatable bonds is 2. The molecule has 0 bridgehead atoms. The number of carboxylic acid groups (broad SMARTS) is 1. The molecule has 1 rings (SSSR count). The summed E-state index contributed by atoms with van der Waals surface area (Å²) in [4.78, 5) is 12.9. The molecule has 12 heavy (non-hydrogen) atoms. The Bertz CT molecular complexity index is 168. The van der Waals surface area contributed by atoms with Crippen molar-refractivity contribution < 1.29 is 9.90 Å². The minimum atomic E-state index is -0.664.